The molecular weight excluding hydrogens is 402 g/mol. The van der Waals surface area contributed by atoms with Crippen LogP contribution in [-0.4, -0.2) is 33.0 Å². The summed E-state index contributed by atoms with van der Waals surface area (Å²) in [5, 5.41) is 23.8. The Balaban J connectivity index is 1.46. The van der Waals surface area contributed by atoms with Crippen LogP contribution in [0.15, 0.2) is 52.9 Å². The minimum absolute atomic E-state index is 0.203. The number of aliphatic hydroxyl groups excluding tert-OH is 1. The van der Waals surface area contributed by atoms with Crippen LogP contribution >= 0.6 is 22.7 Å². The molecule has 0 atom stereocenters. The number of aliphatic hydroxyl groups is 1. The summed E-state index contributed by atoms with van der Waals surface area (Å²) in [6.07, 6.45) is 0. The predicted molar refractivity (Wildman–Crippen MR) is 120 cm³/mol. The van der Waals surface area contributed by atoms with Crippen LogP contribution < -0.4 is 4.74 Å². The van der Waals surface area contributed by atoms with E-state index in [1.165, 1.54) is 11.3 Å². The van der Waals surface area contributed by atoms with Gasteiger partial charge in [0.05, 0.1) is 22.7 Å². The van der Waals surface area contributed by atoms with Crippen molar-refractivity contribution in [2.45, 2.75) is 32.9 Å². The molecule has 0 unspecified atom stereocenters. The van der Waals surface area contributed by atoms with Crippen molar-refractivity contribution >= 4 is 34.1 Å². The summed E-state index contributed by atoms with van der Waals surface area (Å²) in [4.78, 5) is 7.60. The topological polar surface area (TPSA) is 69.4 Å². The summed E-state index contributed by atoms with van der Waals surface area (Å²) in [7, 11) is 0. The van der Waals surface area contributed by atoms with Crippen LogP contribution in [0.4, 0.5) is 0 Å². The Labute approximate surface area is 178 Å². The molecule has 0 aliphatic carbocycles. The molecule has 7 heteroatoms. The summed E-state index contributed by atoms with van der Waals surface area (Å²) in [5.74, 6) is 1.34. The summed E-state index contributed by atoms with van der Waals surface area (Å²) in [6.45, 7) is 6.93. The molecule has 150 valence electrons. The largest absolute Gasteiger partial charge is 0.510 e. The maximum atomic E-state index is 10.5. The van der Waals surface area contributed by atoms with Gasteiger partial charge in [-0.05, 0) is 49.9 Å². The molecule has 1 aliphatic heterocycles. The summed E-state index contributed by atoms with van der Waals surface area (Å²) >= 11 is 3.09. The molecule has 2 aromatic heterocycles. The van der Waals surface area contributed by atoms with Crippen LogP contribution in [0, 0.1) is 5.41 Å². The van der Waals surface area contributed by atoms with Crippen LogP contribution in [0.2, 0.25) is 0 Å². The SMILES string of the molecule is CC(C)(C)Oc1ccc(CN2CC(O)=C(c3nc(-c4cccs4)cs3)C2=N)cc1. The van der Waals surface area contributed by atoms with Crippen molar-refractivity contribution < 1.29 is 9.84 Å². The molecule has 3 aromatic rings. The third-order valence-electron chi connectivity index (χ3n) is 4.39. The van der Waals surface area contributed by atoms with E-state index in [2.05, 4.69) is 4.98 Å². The van der Waals surface area contributed by atoms with Gasteiger partial charge in [-0.25, -0.2) is 4.98 Å². The molecule has 0 fully saturated rings. The Hall–Kier alpha value is -2.64. The van der Waals surface area contributed by atoms with E-state index >= 15 is 0 Å². The lowest BCUT2D eigenvalue weighted by molar-refractivity contribution is 0.131. The highest BCUT2D eigenvalue weighted by molar-refractivity contribution is 7.14. The number of benzene rings is 1. The van der Waals surface area contributed by atoms with E-state index in [0.717, 1.165) is 21.9 Å². The molecule has 3 heterocycles. The zero-order chi connectivity index (χ0) is 20.6. The third-order valence-corrected chi connectivity index (χ3v) is 6.15. The van der Waals surface area contributed by atoms with Gasteiger partial charge in [0, 0.05) is 11.9 Å². The number of nitrogens with one attached hydrogen (secondary N) is 1. The van der Waals surface area contributed by atoms with E-state index in [0.29, 0.717) is 29.5 Å². The second-order valence-corrected chi connectivity index (χ2v) is 9.71. The average molecular weight is 426 g/mol. The monoisotopic (exact) mass is 425 g/mol. The maximum Gasteiger partial charge on any atom is 0.135 e. The second kappa shape index (κ2) is 7.65. The Morgan fingerprint density at radius 3 is 2.59 bits per heavy atom. The zero-order valence-electron chi connectivity index (χ0n) is 16.6. The molecule has 29 heavy (non-hydrogen) atoms. The minimum Gasteiger partial charge on any atom is -0.510 e. The first-order chi connectivity index (χ1) is 13.8. The molecule has 0 spiro atoms. The summed E-state index contributed by atoms with van der Waals surface area (Å²) in [5.41, 5.74) is 2.24. The fourth-order valence-corrected chi connectivity index (χ4v) is 4.80. The molecule has 2 N–H and O–H groups in total. The first-order valence-corrected chi connectivity index (χ1v) is 11.1. The lowest BCUT2D eigenvalue weighted by atomic mass is 10.1. The van der Waals surface area contributed by atoms with Crippen molar-refractivity contribution in [3.05, 3.63) is 63.5 Å². The first kappa shape index (κ1) is 19.7. The number of ether oxygens (including phenoxy) is 1. The number of nitrogens with zero attached hydrogens (tertiary/aromatic N) is 2. The van der Waals surface area contributed by atoms with Gasteiger partial charge < -0.3 is 14.7 Å². The van der Waals surface area contributed by atoms with Gasteiger partial charge in [-0.2, -0.15) is 0 Å². The molecule has 1 aromatic carbocycles. The molecule has 0 saturated heterocycles. The number of aromatic nitrogens is 1. The van der Waals surface area contributed by atoms with E-state index in [-0.39, 0.29) is 11.4 Å². The average Bonchev–Trinajstić information content (AvgIpc) is 3.37. The Kier molecular flexibility index (Phi) is 5.19. The van der Waals surface area contributed by atoms with Crippen molar-refractivity contribution in [3.8, 4) is 16.3 Å². The quantitative estimate of drug-likeness (QED) is 0.541. The van der Waals surface area contributed by atoms with Crippen LogP contribution in [0.3, 0.4) is 0 Å². The number of rotatable bonds is 5. The van der Waals surface area contributed by atoms with E-state index in [1.807, 2.05) is 72.8 Å². The normalized spacial score (nSPS) is 14.7. The van der Waals surface area contributed by atoms with Crippen molar-refractivity contribution in [1.82, 2.24) is 9.88 Å². The molecule has 1 aliphatic rings. The van der Waals surface area contributed by atoms with Crippen molar-refractivity contribution in [2.75, 3.05) is 6.54 Å². The van der Waals surface area contributed by atoms with Crippen LogP contribution in [0.25, 0.3) is 16.1 Å². The number of hydrogen-bond donors (Lipinski definition) is 2. The Morgan fingerprint density at radius 1 is 1.17 bits per heavy atom. The smallest absolute Gasteiger partial charge is 0.135 e. The lowest BCUT2D eigenvalue weighted by Gasteiger charge is -2.22. The third kappa shape index (κ3) is 4.36. The van der Waals surface area contributed by atoms with Gasteiger partial charge in [0.2, 0.25) is 0 Å². The van der Waals surface area contributed by atoms with Gasteiger partial charge in [0.1, 0.15) is 28.0 Å². The van der Waals surface area contributed by atoms with E-state index in [1.54, 1.807) is 11.3 Å². The van der Waals surface area contributed by atoms with E-state index < -0.39 is 0 Å². The Bertz CT molecular complexity index is 1040. The van der Waals surface area contributed by atoms with Gasteiger partial charge >= 0.3 is 0 Å². The van der Waals surface area contributed by atoms with E-state index in [9.17, 15) is 5.11 Å². The fraction of sp³-hybridized carbons (Fsp3) is 0.273. The summed E-state index contributed by atoms with van der Waals surface area (Å²) in [6, 6.07) is 11.9. The fourth-order valence-electron chi connectivity index (χ4n) is 3.16. The Morgan fingerprint density at radius 2 is 1.93 bits per heavy atom. The molecule has 5 nitrogen and oxygen atoms in total. The highest BCUT2D eigenvalue weighted by atomic mass is 32.1. The van der Waals surface area contributed by atoms with E-state index in [4.69, 9.17) is 10.1 Å². The number of amidine groups is 1. The molecule has 4 rings (SSSR count). The van der Waals surface area contributed by atoms with Crippen molar-refractivity contribution in [3.63, 3.8) is 0 Å². The maximum absolute atomic E-state index is 10.5. The molecule has 0 bridgehead atoms. The van der Waals surface area contributed by atoms with Crippen molar-refractivity contribution in [2.24, 2.45) is 0 Å². The summed E-state index contributed by atoms with van der Waals surface area (Å²) < 4.78 is 5.86. The zero-order valence-corrected chi connectivity index (χ0v) is 18.2. The van der Waals surface area contributed by atoms with Crippen LogP contribution in [0.5, 0.6) is 5.75 Å². The van der Waals surface area contributed by atoms with Gasteiger partial charge in [0.25, 0.3) is 0 Å². The van der Waals surface area contributed by atoms with Crippen LogP contribution in [-0.2, 0) is 6.54 Å². The molecule has 0 amide bonds. The molecular formula is C22H23N3O2S2. The van der Waals surface area contributed by atoms with Gasteiger partial charge in [0.15, 0.2) is 0 Å². The minimum atomic E-state index is -0.237. The number of thiophene rings is 1. The predicted octanol–water partition coefficient (Wildman–Crippen LogP) is 5.81. The van der Waals surface area contributed by atoms with Crippen molar-refractivity contribution in [1.29, 1.82) is 5.41 Å². The van der Waals surface area contributed by atoms with Gasteiger partial charge in [-0.15, -0.1) is 22.7 Å². The van der Waals surface area contributed by atoms with Gasteiger partial charge in [-0.1, -0.05) is 18.2 Å². The van der Waals surface area contributed by atoms with Crippen LogP contribution in [0.1, 0.15) is 31.3 Å². The highest BCUT2D eigenvalue weighted by Gasteiger charge is 2.30. The number of hydrogen-bond acceptors (Lipinski definition) is 6. The first-order valence-electron chi connectivity index (χ1n) is 9.34. The lowest BCUT2D eigenvalue weighted by Crippen LogP contribution is -2.26. The number of thiazole rings is 1. The standard InChI is InChI=1S/C22H23N3O2S2/c1-22(2,3)27-15-8-6-14(7-9-15)11-25-12-17(26)19(20(25)23)21-24-16(13-29-21)18-5-4-10-28-18/h4-10,13,23,26H,11-12H2,1-3H3. The van der Waals surface area contributed by atoms with Gasteiger partial charge in [-0.3, -0.25) is 5.41 Å². The molecule has 0 saturated carbocycles. The highest BCUT2D eigenvalue weighted by Crippen LogP contribution is 2.34. The molecule has 0 radical (unpaired) electrons. The second-order valence-electron chi connectivity index (χ2n) is 7.90.